The van der Waals surface area contributed by atoms with Crippen LogP contribution in [-0.2, 0) is 16.6 Å². The summed E-state index contributed by atoms with van der Waals surface area (Å²) in [4.78, 5) is 1.00. The van der Waals surface area contributed by atoms with Gasteiger partial charge >= 0.3 is 0 Å². The van der Waals surface area contributed by atoms with E-state index in [4.69, 9.17) is 5.73 Å². The maximum atomic E-state index is 12.6. The van der Waals surface area contributed by atoms with E-state index in [0.717, 1.165) is 17.7 Å². The predicted molar refractivity (Wildman–Crippen MR) is 83.5 cm³/mol. The predicted octanol–water partition coefficient (Wildman–Crippen LogP) is 2.06. The van der Waals surface area contributed by atoms with Gasteiger partial charge in [-0.05, 0) is 24.8 Å². The minimum Gasteiger partial charge on any atom is -0.326 e. The molecule has 0 amide bonds. The third-order valence-corrected chi connectivity index (χ3v) is 5.68. The van der Waals surface area contributed by atoms with Crippen LogP contribution in [0.3, 0.4) is 0 Å². The normalized spacial score (nSPS) is 13.5. The van der Waals surface area contributed by atoms with Crippen LogP contribution >= 0.6 is 11.3 Å². The van der Waals surface area contributed by atoms with Crippen molar-refractivity contribution in [1.82, 2.24) is 14.9 Å². The Morgan fingerprint density at radius 1 is 1.52 bits per heavy atom. The van der Waals surface area contributed by atoms with Crippen molar-refractivity contribution in [2.24, 2.45) is 5.73 Å². The zero-order valence-corrected chi connectivity index (χ0v) is 13.7. The molecule has 2 rings (SSSR count). The lowest BCUT2D eigenvalue weighted by atomic mass is 10.1. The molecule has 1 atom stereocenters. The molecule has 2 aromatic rings. The highest BCUT2D eigenvalue weighted by Crippen LogP contribution is 2.26. The third kappa shape index (κ3) is 3.52. The molecule has 0 aliphatic carbocycles. The summed E-state index contributed by atoms with van der Waals surface area (Å²) in [5, 5.41) is 8.53. The number of H-pyrrole nitrogens is 1. The molecule has 0 aromatic carbocycles. The van der Waals surface area contributed by atoms with Crippen LogP contribution in [0, 0.1) is 6.92 Å². The molecule has 8 heteroatoms. The first-order valence-corrected chi connectivity index (χ1v) is 9.15. The van der Waals surface area contributed by atoms with Crippen LogP contribution < -0.4 is 10.5 Å². The Labute approximate surface area is 128 Å². The van der Waals surface area contributed by atoms with Crippen LogP contribution in [0.1, 0.15) is 41.9 Å². The standard InChI is InChI=1S/C13H20N4O2S2/c1-3-5-11(12-6-4-7-20-12)17-21(18,19)13-10(8-14)9(2)15-16-13/h4,6-7,11,17H,3,5,8,14H2,1-2H3,(H,15,16). The molecule has 0 radical (unpaired) electrons. The Balaban J connectivity index is 2.30. The van der Waals surface area contributed by atoms with Gasteiger partial charge in [0.2, 0.25) is 0 Å². The molecular weight excluding hydrogens is 308 g/mol. The lowest BCUT2D eigenvalue weighted by Crippen LogP contribution is -2.29. The molecule has 21 heavy (non-hydrogen) atoms. The number of aryl methyl sites for hydroxylation is 1. The van der Waals surface area contributed by atoms with Gasteiger partial charge in [-0.2, -0.15) is 5.10 Å². The second-order valence-corrected chi connectivity index (χ2v) is 7.42. The van der Waals surface area contributed by atoms with Gasteiger partial charge < -0.3 is 5.73 Å². The Morgan fingerprint density at radius 2 is 2.29 bits per heavy atom. The smallest absolute Gasteiger partial charge is 0.260 e. The summed E-state index contributed by atoms with van der Waals surface area (Å²) in [7, 11) is -3.70. The van der Waals surface area contributed by atoms with E-state index in [2.05, 4.69) is 14.9 Å². The Morgan fingerprint density at radius 3 is 2.86 bits per heavy atom. The molecule has 0 aliphatic heterocycles. The molecule has 2 aromatic heterocycles. The SMILES string of the molecule is CCCC(NS(=O)(=O)c1n[nH]c(C)c1CN)c1cccs1. The maximum absolute atomic E-state index is 12.6. The van der Waals surface area contributed by atoms with E-state index >= 15 is 0 Å². The van der Waals surface area contributed by atoms with Gasteiger partial charge in [0, 0.05) is 22.7 Å². The third-order valence-electron chi connectivity index (χ3n) is 3.26. The van der Waals surface area contributed by atoms with Crippen LogP contribution in [0.2, 0.25) is 0 Å². The first-order valence-electron chi connectivity index (χ1n) is 6.79. The van der Waals surface area contributed by atoms with Crippen LogP contribution in [0.15, 0.2) is 22.5 Å². The Kier molecular flexibility index (Phi) is 5.15. The number of hydrogen-bond donors (Lipinski definition) is 3. The summed E-state index contributed by atoms with van der Waals surface area (Å²) in [6, 6.07) is 3.62. The van der Waals surface area contributed by atoms with Gasteiger partial charge in [-0.15, -0.1) is 11.3 Å². The Bertz CT molecular complexity index is 677. The highest BCUT2D eigenvalue weighted by Gasteiger charge is 2.27. The van der Waals surface area contributed by atoms with E-state index < -0.39 is 10.0 Å². The molecular formula is C13H20N4O2S2. The van der Waals surface area contributed by atoms with Crippen LogP contribution in [0.25, 0.3) is 0 Å². The summed E-state index contributed by atoms with van der Waals surface area (Å²) in [5.41, 5.74) is 6.84. The minimum absolute atomic E-state index is 0.000147. The second-order valence-electron chi connectivity index (χ2n) is 4.81. The largest absolute Gasteiger partial charge is 0.326 e. The summed E-state index contributed by atoms with van der Waals surface area (Å²) in [5.74, 6) is 0. The quantitative estimate of drug-likeness (QED) is 0.724. The van der Waals surface area contributed by atoms with Gasteiger partial charge in [-0.1, -0.05) is 19.4 Å². The van der Waals surface area contributed by atoms with Gasteiger partial charge in [0.25, 0.3) is 10.0 Å². The molecule has 1 unspecified atom stereocenters. The van der Waals surface area contributed by atoms with Gasteiger partial charge in [0.1, 0.15) is 0 Å². The van der Waals surface area contributed by atoms with Gasteiger partial charge in [-0.25, -0.2) is 13.1 Å². The van der Waals surface area contributed by atoms with E-state index in [0.29, 0.717) is 11.3 Å². The van der Waals surface area contributed by atoms with Gasteiger partial charge in [-0.3, -0.25) is 5.10 Å². The van der Waals surface area contributed by atoms with Crippen molar-refractivity contribution >= 4 is 21.4 Å². The van der Waals surface area contributed by atoms with Crippen molar-refractivity contribution in [3.8, 4) is 0 Å². The van der Waals surface area contributed by atoms with E-state index in [1.54, 1.807) is 18.3 Å². The Hall–Kier alpha value is -1.22. The molecule has 0 spiro atoms. The topological polar surface area (TPSA) is 101 Å². The molecule has 0 aliphatic rings. The summed E-state index contributed by atoms with van der Waals surface area (Å²) in [6.45, 7) is 3.92. The molecule has 0 fully saturated rings. The van der Waals surface area contributed by atoms with E-state index in [9.17, 15) is 8.42 Å². The fourth-order valence-corrected chi connectivity index (χ4v) is 4.52. The van der Waals surface area contributed by atoms with Crippen LogP contribution in [0.4, 0.5) is 0 Å². The molecule has 2 heterocycles. The van der Waals surface area contributed by atoms with Gasteiger partial charge in [0.05, 0.1) is 6.04 Å². The van der Waals surface area contributed by atoms with Crippen molar-refractivity contribution in [3.05, 3.63) is 33.6 Å². The molecule has 0 saturated heterocycles. The fraction of sp³-hybridized carbons (Fsp3) is 0.462. The van der Waals surface area contributed by atoms with Crippen LogP contribution in [0.5, 0.6) is 0 Å². The summed E-state index contributed by atoms with van der Waals surface area (Å²) in [6.07, 6.45) is 1.62. The number of thiophene rings is 1. The summed E-state index contributed by atoms with van der Waals surface area (Å²) < 4.78 is 27.9. The van der Waals surface area contributed by atoms with E-state index in [-0.39, 0.29) is 17.6 Å². The number of nitrogens with two attached hydrogens (primary N) is 1. The number of nitrogens with one attached hydrogen (secondary N) is 2. The van der Waals surface area contributed by atoms with Crippen molar-refractivity contribution in [3.63, 3.8) is 0 Å². The zero-order chi connectivity index (χ0) is 15.5. The number of aromatic amines is 1. The van der Waals surface area contributed by atoms with Crippen molar-refractivity contribution in [2.45, 2.75) is 44.3 Å². The van der Waals surface area contributed by atoms with Crippen molar-refractivity contribution in [1.29, 1.82) is 0 Å². The first-order chi connectivity index (χ1) is 9.99. The highest BCUT2D eigenvalue weighted by molar-refractivity contribution is 7.89. The average Bonchev–Trinajstić information content (AvgIpc) is 3.07. The first kappa shape index (κ1) is 16.2. The van der Waals surface area contributed by atoms with Crippen molar-refractivity contribution < 1.29 is 8.42 Å². The number of rotatable bonds is 7. The number of aromatic nitrogens is 2. The fourth-order valence-electron chi connectivity index (χ4n) is 2.17. The molecule has 0 bridgehead atoms. The van der Waals surface area contributed by atoms with E-state index in [1.807, 2.05) is 24.4 Å². The number of hydrogen-bond acceptors (Lipinski definition) is 5. The average molecular weight is 328 g/mol. The number of sulfonamides is 1. The highest BCUT2D eigenvalue weighted by atomic mass is 32.2. The van der Waals surface area contributed by atoms with Gasteiger partial charge in [0.15, 0.2) is 5.03 Å². The second kappa shape index (κ2) is 6.69. The lowest BCUT2D eigenvalue weighted by Gasteiger charge is -2.16. The maximum Gasteiger partial charge on any atom is 0.260 e. The zero-order valence-electron chi connectivity index (χ0n) is 12.1. The lowest BCUT2D eigenvalue weighted by molar-refractivity contribution is 0.536. The van der Waals surface area contributed by atoms with Crippen LogP contribution in [-0.4, -0.2) is 18.6 Å². The molecule has 6 nitrogen and oxygen atoms in total. The number of nitrogens with zero attached hydrogens (tertiary/aromatic N) is 1. The van der Waals surface area contributed by atoms with E-state index in [1.165, 1.54) is 0 Å². The molecule has 0 saturated carbocycles. The molecule has 4 N–H and O–H groups in total. The summed E-state index contributed by atoms with van der Waals surface area (Å²) >= 11 is 1.54. The van der Waals surface area contributed by atoms with Crippen molar-refractivity contribution in [2.75, 3.05) is 0 Å². The monoisotopic (exact) mass is 328 g/mol. The molecule has 116 valence electrons. The minimum atomic E-state index is -3.70.